The van der Waals surface area contributed by atoms with Crippen LogP contribution in [-0.4, -0.2) is 11.8 Å². The first-order valence-corrected chi connectivity index (χ1v) is 8.15. The Kier molecular flexibility index (Phi) is 6.73. The molecule has 21 heavy (non-hydrogen) atoms. The van der Waals surface area contributed by atoms with E-state index in [0.29, 0.717) is 0 Å². The summed E-state index contributed by atoms with van der Waals surface area (Å²) >= 11 is 1.70. The summed E-state index contributed by atoms with van der Waals surface area (Å²) in [6, 6.07) is 17.3. The third-order valence-electron chi connectivity index (χ3n) is 3.36. The molecule has 0 heterocycles. The van der Waals surface area contributed by atoms with E-state index in [1.807, 2.05) is 6.07 Å². The van der Waals surface area contributed by atoms with Gasteiger partial charge in [0, 0.05) is 16.7 Å². The van der Waals surface area contributed by atoms with Gasteiger partial charge in [0.05, 0.1) is 0 Å². The smallest absolute Gasteiger partial charge is 0.123 e. The van der Waals surface area contributed by atoms with Gasteiger partial charge in [-0.2, -0.15) is 0 Å². The third-order valence-corrected chi connectivity index (χ3v) is 4.54. The van der Waals surface area contributed by atoms with Crippen LogP contribution < -0.4 is 11.3 Å². The van der Waals surface area contributed by atoms with Crippen LogP contribution in [0.4, 0.5) is 4.39 Å². The van der Waals surface area contributed by atoms with Gasteiger partial charge in [-0.1, -0.05) is 30.3 Å². The van der Waals surface area contributed by atoms with Crippen molar-refractivity contribution in [1.82, 2.24) is 5.43 Å². The number of halogens is 1. The lowest BCUT2D eigenvalue weighted by Crippen LogP contribution is -2.37. The molecule has 4 heteroatoms. The lowest BCUT2D eigenvalue weighted by atomic mass is 10.1. The number of nitrogens with one attached hydrogen (secondary N) is 1. The van der Waals surface area contributed by atoms with Crippen molar-refractivity contribution in [1.29, 1.82) is 0 Å². The molecule has 0 bridgehead atoms. The highest BCUT2D eigenvalue weighted by molar-refractivity contribution is 7.99. The average molecular weight is 304 g/mol. The number of hydrogen-bond donors (Lipinski definition) is 2. The zero-order chi connectivity index (χ0) is 14.9. The van der Waals surface area contributed by atoms with Crippen molar-refractivity contribution in [3.8, 4) is 0 Å². The average Bonchev–Trinajstić information content (AvgIpc) is 2.53. The number of hydrogen-bond acceptors (Lipinski definition) is 3. The largest absolute Gasteiger partial charge is 0.271 e. The first kappa shape index (κ1) is 16.0. The van der Waals surface area contributed by atoms with E-state index in [1.165, 1.54) is 17.7 Å². The van der Waals surface area contributed by atoms with Crippen molar-refractivity contribution in [2.75, 3.05) is 5.75 Å². The van der Waals surface area contributed by atoms with Crippen LogP contribution in [-0.2, 0) is 6.42 Å². The minimum atomic E-state index is -0.198. The van der Waals surface area contributed by atoms with E-state index in [0.717, 1.165) is 29.9 Å². The predicted molar refractivity (Wildman–Crippen MR) is 87.6 cm³/mol. The van der Waals surface area contributed by atoms with Gasteiger partial charge in [0.1, 0.15) is 5.82 Å². The van der Waals surface area contributed by atoms with Gasteiger partial charge in [-0.25, -0.2) is 4.39 Å². The van der Waals surface area contributed by atoms with Gasteiger partial charge in [0.15, 0.2) is 0 Å². The molecule has 0 aliphatic rings. The predicted octanol–water partition coefficient (Wildman–Crippen LogP) is 3.77. The van der Waals surface area contributed by atoms with E-state index in [1.54, 1.807) is 23.9 Å². The van der Waals surface area contributed by atoms with E-state index in [2.05, 4.69) is 29.7 Å². The Morgan fingerprint density at radius 1 is 1.05 bits per heavy atom. The second-order valence-electron chi connectivity index (χ2n) is 5.01. The summed E-state index contributed by atoms with van der Waals surface area (Å²) in [5.74, 6) is 6.30. The van der Waals surface area contributed by atoms with Crippen molar-refractivity contribution in [3.05, 3.63) is 66.0 Å². The monoisotopic (exact) mass is 304 g/mol. The van der Waals surface area contributed by atoms with Crippen LogP contribution in [0, 0.1) is 5.82 Å². The number of rotatable bonds is 8. The molecule has 0 amide bonds. The van der Waals surface area contributed by atoms with Crippen LogP contribution >= 0.6 is 11.8 Å². The normalized spacial score (nSPS) is 12.3. The molecule has 0 saturated heterocycles. The van der Waals surface area contributed by atoms with Crippen LogP contribution in [0.2, 0.25) is 0 Å². The first-order chi connectivity index (χ1) is 10.3. The maximum absolute atomic E-state index is 12.8. The van der Waals surface area contributed by atoms with Gasteiger partial charge >= 0.3 is 0 Å². The van der Waals surface area contributed by atoms with E-state index in [9.17, 15) is 4.39 Å². The number of hydrazine groups is 1. The van der Waals surface area contributed by atoms with Gasteiger partial charge in [-0.05, 0) is 49.1 Å². The molecule has 0 aromatic heterocycles. The minimum Gasteiger partial charge on any atom is -0.271 e. The van der Waals surface area contributed by atoms with E-state index >= 15 is 0 Å². The molecule has 3 N–H and O–H groups in total. The van der Waals surface area contributed by atoms with Gasteiger partial charge < -0.3 is 0 Å². The zero-order valence-corrected chi connectivity index (χ0v) is 12.8. The molecule has 0 aliphatic heterocycles. The zero-order valence-electron chi connectivity index (χ0n) is 12.0. The number of nitrogens with two attached hydrogens (primary N) is 1. The summed E-state index contributed by atoms with van der Waals surface area (Å²) in [7, 11) is 0. The molecule has 1 atom stereocenters. The Bertz CT molecular complexity index is 516. The fourth-order valence-corrected chi connectivity index (χ4v) is 3.12. The van der Waals surface area contributed by atoms with Gasteiger partial charge in [0.25, 0.3) is 0 Å². The molecule has 0 spiro atoms. The highest BCUT2D eigenvalue weighted by atomic mass is 32.2. The van der Waals surface area contributed by atoms with Crippen LogP contribution in [0.15, 0.2) is 59.5 Å². The maximum atomic E-state index is 12.8. The fraction of sp³-hybridized carbons (Fsp3) is 0.294. The molecule has 2 aromatic rings. The SMILES string of the molecule is NNC(CCCc1ccccc1)CSc1ccc(F)cc1. The minimum absolute atomic E-state index is 0.198. The number of benzene rings is 2. The summed E-state index contributed by atoms with van der Waals surface area (Å²) in [5.41, 5.74) is 4.24. The number of aryl methyl sites for hydroxylation is 1. The second-order valence-corrected chi connectivity index (χ2v) is 6.10. The quantitative estimate of drug-likeness (QED) is 0.443. The first-order valence-electron chi connectivity index (χ1n) is 7.16. The Labute approximate surface area is 129 Å². The topological polar surface area (TPSA) is 38.0 Å². The van der Waals surface area contributed by atoms with Crippen LogP contribution in [0.25, 0.3) is 0 Å². The molecular formula is C17H21FN2S. The van der Waals surface area contributed by atoms with E-state index < -0.39 is 0 Å². The molecular weight excluding hydrogens is 283 g/mol. The van der Waals surface area contributed by atoms with Crippen molar-refractivity contribution in [2.45, 2.75) is 30.2 Å². The number of thioether (sulfide) groups is 1. The van der Waals surface area contributed by atoms with Crippen molar-refractivity contribution in [2.24, 2.45) is 5.84 Å². The van der Waals surface area contributed by atoms with Crippen molar-refractivity contribution < 1.29 is 4.39 Å². The summed E-state index contributed by atoms with van der Waals surface area (Å²) in [5, 5.41) is 0. The van der Waals surface area contributed by atoms with Crippen LogP contribution in [0.5, 0.6) is 0 Å². The highest BCUT2D eigenvalue weighted by Crippen LogP contribution is 2.20. The second kappa shape index (κ2) is 8.82. The van der Waals surface area contributed by atoms with Gasteiger partial charge in [-0.15, -0.1) is 11.8 Å². The molecule has 2 rings (SSSR count). The summed E-state index contributed by atoms with van der Waals surface area (Å²) in [6.07, 6.45) is 3.20. The lowest BCUT2D eigenvalue weighted by molar-refractivity contribution is 0.520. The van der Waals surface area contributed by atoms with Gasteiger partial charge in [-0.3, -0.25) is 11.3 Å². The Balaban J connectivity index is 1.71. The fourth-order valence-electron chi connectivity index (χ4n) is 2.14. The van der Waals surface area contributed by atoms with E-state index in [4.69, 9.17) is 5.84 Å². The summed E-state index contributed by atoms with van der Waals surface area (Å²) in [4.78, 5) is 1.07. The third kappa shape index (κ3) is 5.87. The molecule has 112 valence electrons. The Hall–Kier alpha value is -1.36. The van der Waals surface area contributed by atoms with Crippen molar-refractivity contribution in [3.63, 3.8) is 0 Å². The molecule has 1 unspecified atom stereocenters. The summed E-state index contributed by atoms with van der Waals surface area (Å²) < 4.78 is 12.8. The molecule has 0 saturated carbocycles. The molecule has 2 aromatic carbocycles. The van der Waals surface area contributed by atoms with E-state index in [-0.39, 0.29) is 11.9 Å². The van der Waals surface area contributed by atoms with Crippen LogP contribution in [0.1, 0.15) is 18.4 Å². The molecule has 2 nitrogen and oxygen atoms in total. The molecule has 0 fully saturated rings. The highest BCUT2D eigenvalue weighted by Gasteiger charge is 2.07. The Morgan fingerprint density at radius 3 is 2.43 bits per heavy atom. The maximum Gasteiger partial charge on any atom is 0.123 e. The molecule has 0 radical (unpaired) electrons. The van der Waals surface area contributed by atoms with Crippen molar-refractivity contribution >= 4 is 11.8 Å². The standard InChI is InChI=1S/C17H21FN2S/c18-15-9-11-17(12-10-15)21-13-16(20-19)8-4-7-14-5-2-1-3-6-14/h1-3,5-6,9-12,16,20H,4,7-8,13,19H2. The molecule has 0 aliphatic carbocycles. The Morgan fingerprint density at radius 2 is 1.76 bits per heavy atom. The lowest BCUT2D eigenvalue weighted by Gasteiger charge is -2.15. The van der Waals surface area contributed by atoms with Crippen LogP contribution in [0.3, 0.4) is 0 Å². The summed E-state index contributed by atoms with van der Waals surface area (Å²) in [6.45, 7) is 0. The van der Waals surface area contributed by atoms with Gasteiger partial charge in [0.2, 0.25) is 0 Å².